The summed E-state index contributed by atoms with van der Waals surface area (Å²) in [5, 5.41) is 7.51. The maximum atomic E-state index is 12.3. The van der Waals surface area contributed by atoms with Gasteiger partial charge in [0.15, 0.2) is 28.5 Å². The molecule has 31 heavy (non-hydrogen) atoms. The topological polar surface area (TPSA) is 143 Å². The number of aromatic amines is 1. The van der Waals surface area contributed by atoms with Gasteiger partial charge in [0.05, 0.1) is 11.4 Å². The molecule has 0 unspecified atom stereocenters. The van der Waals surface area contributed by atoms with E-state index < -0.39 is 5.91 Å². The van der Waals surface area contributed by atoms with Crippen LogP contribution in [0.4, 0.5) is 17.3 Å². The second-order valence-corrected chi connectivity index (χ2v) is 8.73. The summed E-state index contributed by atoms with van der Waals surface area (Å²) in [6, 6.07) is 3.94. The molecule has 10 heteroatoms. The molecule has 5 N–H and O–H groups in total. The van der Waals surface area contributed by atoms with Gasteiger partial charge in [-0.1, -0.05) is 6.92 Å². The molecule has 0 aromatic carbocycles. The van der Waals surface area contributed by atoms with Crippen molar-refractivity contribution < 1.29 is 4.79 Å². The van der Waals surface area contributed by atoms with Crippen molar-refractivity contribution in [3.63, 3.8) is 0 Å². The van der Waals surface area contributed by atoms with E-state index in [9.17, 15) is 4.79 Å². The van der Waals surface area contributed by atoms with Crippen LogP contribution in [-0.4, -0.2) is 57.2 Å². The molecular formula is C21H27N9O. The molecule has 1 saturated heterocycles. The van der Waals surface area contributed by atoms with Crippen LogP contribution in [0, 0.1) is 5.41 Å². The molecule has 1 fully saturated rings. The zero-order valence-electron chi connectivity index (χ0n) is 17.6. The number of nitrogens with two attached hydrogens (primary N) is 2. The van der Waals surface area contributed by atoms with Crippen molar-refractivity contribution in [3.05, 3.63) is 29.7 Å². The number of pyridine rings is 1. The Hall–Kier alpha value is -3.27. The summed E-state index contributed by atoms with van der Waals surface area (Å²) >= 11 is 0. The third-order valence-electron chi connectivity index (χ3n) is 6.56. The Balaban J connectivity index is 1.55. The molecule has 2 aliphatic rings. The number of piperidine rings is 1. The largest absolute Gasteiger partial charge is 0.364 e. The third kappa shape index (κ3) is 3.36. The van der Waals surface area contributed by atoms with Crippen molar-refractivity contribution in [1.82, 2.24) is 25.1 Å². The summed E-state index contributed by atoms with van der Waals surface area (Å²) in [6.45, 7) is 5.13. The lowest BCUT2D eigenvalue weighted by Gasteiger charge is -2.39. The molecule has 3 aromatic heterocycles. The summed E-state index contributed by atoms with van der Waals surface area (Å²) in [5.74, 6) is 0.555. The van der Waals surface area contributed by atoms with Gasteiger partial charge in [0, 0.05) is 25.8 Å². The summed E-state index contributed by atoms with van der Waals surface area (Å²) < 4.78 is 0. The molecule has 10 nitrogen and oxygen atoms in total. The molecule has 1 amide bonds. The highest BCUT2D eigenvalue weighted by Gasteiger charge is 2.32. The monoisotopic (exact) mass is 421 g/mol. The zero-order chi connectivity index (χ0) is 21.6. The average molecular weight is 422 g/mol. The van der Waals surface area contributed by atoms with E-state index >= 15 is 0 Å². The Labute approximate surface area is 180 Å². The van der Waals surface area contributed by atoms with Crippen molar-refractivity contribution in [3.8, 4) is 0 Å². The predicted molar refractivity (Wildman–Crippen MR) is 118 cm³/mol. The first-order valence-electron chi connectivity index (χ1n) is 10.7. The Kier molecular flexibility index (Phi) is 4.73. The molecule has 0 atom stereocenters. The minimum atomic E-state index is -0.593. The number of nitrogens with zero attached hydrogens (tertiary/aromatic N) is 6. The number of H-pyrrole nitrogens is 1. The molecule has 5 rings (SSSR count). The van der Waals surface area contributed by atoms with Gasteiger partial charge in [0.2, 0.25) is 0 Å². The minimum absolute atomic E-state index is 0.109. The van der Waals surface area contributed by atoms with Crippen LogP contribution in [0.5, 0.6) is 0 Å². The summed E-state index contributed by atoms with van der Waals surface area (Å²) in [6.07, 6.45) is 5.53. The fourth-order valence-corrected chi connectivity index (χ4v) is 4.47. The smallest absolute Gasteiger partial charge is 0.271 e. The first-order valence-corrected chi connectivity index (χ1v) is 10.7. The Morgan fingerprint density at radius 1 is 1.23 bits per heavy atom. The van der Waals surface area contributed by atoms with Gasteiger partial charge < -0.3 is 21.3 Å². The number of aromatic nitrogens is 5. The van der Waals surface area contributed by atoms with Crippen LogP contribution in [0.25, 0.3) is 11.2 Å². The van der Waals surface area contributed by atoms with Crippen molar-refractivity contribution in [1.29, 1.82) is 0 Å². The summed E-state index contributed by atoms with van der Waals surface area (Å²) in [7, 11) is 0. The van der Waals surface area contributed by atoms with Crippen LogP contribution in [0.15, 0.2) is 18.3 Å². The van der Waals surface area contributed by atoms with Crippen molar-refractivity contribution in [2.75, 3.05) is 36.0 Å². The first kappa shape index (κ1) is 19.7. The van der Waals surface area contributed by atoms with Gasteiger partial charge in [-0.2, -0.15) is 5.10 Å². The molecule has 0 spiro atoms. The van der Waals surface area contributed by atoms with Crippen LogP contribution in [0.1, 0.15) is 42.4 Å². The van der Waals surface area contributed by atoms with E-state index in [0.717, 1.165) is 56.7 Å². The Morgan fingerprint density at radius 3 is 2.77 bits per heavy atom. The number of fused-ring (bicyclic) bond motifs is 2. The molecule has 162 valence electrons. The standard InChI is InChI=1S/C21H27N9O/c1-21(12-22)6-10-29(11-7-21)19-15(17(23)31)25-16-18(26-19)27-28-20(16)30-9-3-4-13-14(30)5-2-8-24-13/h2,5,8H,3-4,6-7,9-12,22H2,1H3,(H2,23,31)(H,26,27,28). The van der Waals surface area contributed by atoms with Crippen molar-refractivity contribution in [2.24, 2.45) is 16.9 Å². The maximum Gasteiger partial charge on any atom is 0.271 e. The number of hydrogen-bond acceptors (Lipinski definition) is 8. The highest BCUT2D eigenvalue weighted by Crippen LogP contribution is 2.36. The Morgan fingerprint density at radius 2 is 2.03 bits per heavy atom. The van der Waals surface area contributed by atoms with Crippen LogP contribution in [-0.2, 0) is 6.42 Å². The number of anilines is 3. The van der Waals surface area contributed by atoms with Gasteiger partial charge in [-0.15, -0.1) is 0 Å². The fourth-order valence-electron chi connectivity index (χ4n) is 4.47. The maximum absolute atomic E-state index is 12.3. The molecule has 2 aliphatic heterocycles. The molecule has 3 aromatic rings. The van der Waals surface area contributed by atoms with Crippen molar-refractivity contribution >= 4 is 34.4 Å². The van der Waals surface area contributed by atoms with Crippen LogP contribution in [0.3, 0.4) is 0 Å². The second kappa shape index (κ2) is 7.45. The predicted octanol–water partition coefficient (Wildman–Crippen LogP) is 1.50. The number of nitrogens with one attached hydrogen (secondary N) is 1. The highest BCUT2D eigenvalue weighted by atomic mass is 16.1. The van der Waals surface area contributed by atoms with E-state index in [1.807, 2.05) is 12.1 Å². The number of primary amides is 1. The quantitative estimate of drug-likeness (QED) is 0.575. The van der Waals surface area contributed by atoms with Crippen LogP contribution >= 0.6 is 0 Å². The number of rotatable bonds is 4. The number of hydrogen-bond donors (Lipinski definition) is 3. The van der Waals surface area contributed by atoms with E-state index in [4.69, 9.17) is 16.5 Å². The van der Waals surface area contributed by atoms with Crippen LogP contribution in [0.2, 0.25) is 0 Å². The van der Waals surface area contributed by atoms with Gasteiger partial charge >= 0.3 is 0 Å². The molecule has 0 saturated carbocycles. The van der Waals surface area contributed by atoms with E-state index in [2.05, 4.69) is 36.9 Å². The van der Waals surface area contributed by atoms with E-state index in [0.29, 0.717) is 29.3 Å². The number of aryl methyl sites for hydroxylation is 1. The van der Waals surface area contributed by atoms with E-state index in [-0.39, 0.29) is 11.1 Å². The third-order valence-corrected chi connectivity index (χ3v) is 6.56. The molecule has 0 aliphatic carbocycles. The minimum Gasteiger partial charge on any atom is -0.364 e. The fraction of sp³-hybridized carbons (Fsp3) is 0.476. The molecule has 0 radical (unpaired) electrons. The summed E-state index contributed by atoms with van der Waals surface area (Å²) in [4.78, 5) is 30.4. The molecule has 0 bridgehead atoms. The van der Waals surface area contributed by atoms with Gasteiger partial charge in [-0.05, 0) is 49.8 Å². The lowest BCUT2D eigenvalue weighted by Crippen LogP contribution is -2.43. The zero-order valence-corrected chi connectivity index (χ0v) is 17.6. The van der Waals surface area contributed by atoms with Crippen molar-refractivity contribution in [2.45, 2.75) is 32.6 Å². The number of carbonyl (C=O) groups excluding carboxylic acids is 1. The molecule has 5 heterocycles. The average Bonchev–Trinajstić information content (AvgIpc) is 3.21. The van der Waals surface area contributed by atoms with E-state index in [1.165, 1.54) is 0 Å². The lowest BCUT2D eigenvalue weighted by molar-refractivity contribution is 0.0996. The summed E-state index contributed by atoms with van der Waals surface area (Å²) in [5.41, 5.74) is 15.1. The number of carbonyl (C=O) groups is 1. The lowest BCUT2D eigenvalue weighted by atomic mass is 9.80. The second-order valence-electron chi connectivity index (χ2n) is 8.73. The van der Waals surface area contributed by atoms with Gasteiger partial charge in [-0.25, -0.2) is 9.97 Å². The number of amides is 1. The Bertz CT molecular complexity index is 1130. The highest BCUT2D eigenvalue weighted by molar-refractivity contribution is 5.99. The van der Waals surface area contributed by atoms with Gasteiger partial charge in [0.1, 0.15) is 0 Å². The van der Waals surface area contributed by atoms with E-state index in [1.54, 1.807) is 6.20 Å². The van der Waals surface area contributed by atoms with Crippen LogP contribution < -0.4 is 21.3 Å². The normalized spacial score (nSPS) is 18.3. The van der Waals surface area contributed by atoms with Gasteiger partial charge in [-0.3, -0.25) is 14.9 Å². The first-order chi connectivity index (χ1) is 15.0. The molecular weight excluding hydrogens is 394 g/mol. The SMILES string of the molecule is CC1(CN)CCN(c2nc3[nH]nc(N4CCCc5ncccc54)c3nc2C(N)=O)CC1. The van der Waals surface area contributed by atoms with Gasteiger partial charge in [0.25, 0.3) is 5.91 Å².